The molecule has 1 N–H and O–H groups in total. The third-order valence-corrected chi connectivity index (χ3v) is 3.43. The number of rotatable bonds is 4. The van der Waals surface area contributed by atoms with E-state index in [9.17, 15) is 4.79 Å². The summed E-state index contributed by atoms with van der Waals surface area (Å²) in [4.78, 5) is 11.9. The van der Waals surface area contributed by atoms with Crippen LogP contribution in [0.2, 0.25) is 0 Å². The van der Waals surface area contributed by atoms with Crippen LogP contribution >= 0.6 is 0 Å². The summed E-state index contributed by atoms with van der Waals surface area (Å²) in [6.07, 6.45) is 2.18. The Balaban J connectivity index is 2.21. The average molecular weight is 233 g/mol. The van der Waals surface area contributed by atoms with E-state index < -0.39 is 5.54 Å². The van der Waals surface area contributed by atoms with Crippen LogP contribution in [0.1, 0.15) is 25.3 Å². The molecule has 0 aliphatic heterocycles. The fourth-order valence-corrected chi connectivity index (χ4v) is 2.22. The second-order valence-corrected chi connectivity index (χ2v) is 4.96. The van der Waals surface area contributed by atoms with Crippen molar-refractivity contribution in [2.75, 3.05) is 12.4 Å². The van der Waals surface area contributed by atoms with Gasteiger partial charge in [-0.1, -0.05) is 12.1 Å². The summed E-state index contributed by atoms with van der Waals surface area (Å²) in [5, 5.41) is 3.33. The lowest BCUT2D eigenvalue weighted by molar-refractivity contribution is -0.146. The minimum atomic E-state index is -0.595. The zero-order valence-corrected chi connectivity index (χ0v) is 10.6. The maximum atomic E-state index is 11.9. The van der Waals surface area contributed by atoms with Crippen molar-refractivity contribution >= 4 is 11.7 Å². The third kappa shape index (κ3) is 2.43. The first kappa shape index (κ1) is 12.0. The van der Waals surface area contributed by atoms with Gasteiger partial charge in [-0.05, 0) is 50.3 Å². The number of ether oxygens (including phenoxy) is 1. The molecule has 1 aliphatic rings. The highest BCUT2D eigenvalue weighted by molar-refractivity contribution is 5.85. The number of nitrogens with one attached hydrogen (secondary N) is 1. The molecule has 1 saturated carbocycles. The van der Waals surface area contributed by atoms with Crippen LogP contribution in [-0.2, 0) is 9.53 Å². The van der Waals surface area contributed by atoms with E-state index in [-0.39, 0.29) is 5.97 Å². The molecule has 0 radical (unpaired) electrons. The molecule has 1 fully saturated rings. The Morgan fingerprint density at radius 3 is 2.71 bits per heavy atom. The highest BCUT2D eigenvalue weighted by atomic mass is 16.5. The summed E-state index contributed by atoms with van der Waals surface area (Å²) < 4.78 is 4.92. The van der Waals surface area contributed by atoms with Gasteiger partial charge in [0.2, 0.25) is 0 Å². The van der Waals surface area contributed by atoms with Gasteiger partial charge >= 0.3 is 5.97 Å². The molecular weight excluding hydrogens is 214 g/mol. The van der Waals surface area contributed by atoms with E-state index in [0.717, 1.165) is 18.5 Å². The van der Waals surface area contributed by atoms with Gasteiger partial charge in [0, 0.05) is 5.69 Å². The van der Waals surface area contributed by atoms with Gasteiger partial charge in [-0.3, -0.25) is 0 Å². The molecule has 3 nitrogen and oxygen atoms in total. The van der Waals surface area contributed by atoms with Crippen molar-refractivity contribution in [3.8, 4) is 0 Å². The van der Waals surface area contributed by atoms with Crippen LogP contribution in [0.25, 0.3) is 0 Å². The molecule has 0 aromatic heterocycles. The van der Waals surface area contributed by atoms with E-state index in [1.807, 2.05) is 38.1 Å². The van der Waals surface area contributed by atoms with Crippen molar-refractivity contribution in [1.29, 1.82) is 0 Å². The summed E-state index contributed by atoms with van der Waals surface area (Å²) in [5.41, 5.74) is 1.56. The molecule has 0 spiro atoms. The SMILES string of the molecule is COC(=O)C(C)(Nc1cccc(C)c1)C1CC1. The first-order chi connectivity index (χ1) is 8.06. The monoisotopic (exact) mass is 233 g/mol. The topological polar surface area (TPSA) is 38.3 Å². The van der Waals surface area contributed by atoms with Crippen molar-refractivity contribution in [3.05, 3.63) is 29.8 Å². The van der Waals surface area contributed by atoms with Gasteiger partial charge in [0.15, 0.2) is 0 Å². The number of methoxy groups -OCH3 is 1. The normalized spacial score (nSPS) is 18.3. The van der Waals surface area contributed by atoms with Crippen LogP contribution < -0.4 is 5.32 Å². The number of carbonyl (C=O) groups is 1. The molecule has 0 bridgehead atoms. The first-order valence-electron chi connectivity index (χ1n) is 5.99. The average Bonchev–Trinajstić information content (AvgIpc) is 3.11. The highest BCUT2D eigenvalue weighted by Gasteiger charge is 2.48. The molecule has 2 rings (SSSR count). The van der Waals surface area contributed by atoms with Crippen molar-refractivity contribution in [2.24, 2.45) is 5.92 Å². The predicted octanol–water partition coefficient (Wildman–Crippen LogP) is 2.75. The van der Waals surface area contributed by atoms with Gasteiger partial charge in [-0.15, -0.1) is 0 Å². The Labute approximate surface area is 102 Å². The van der Waals surface area contributed by atoms with Crippen molar-refractivity contribution in [1.82, 2.24) is 0 Å². The minimum Gasteiger partial charge on any atom is -0.467 e. The number of aryl methyl sites for hydroxylation is 1. The highest BCUT2D eigenvalue weighted by Crippen LogP contribution is 2.42. The Bertz CT molecular complexity index is 426. The zero-order chi connectivity index (χ0) is 12.5. The van der Waals surface area contributed by atoms with E-state index in [1.54, 1.807) is 0 Å². The minimum absolute atomic E-state index is 0.179. The molecule has 1 aliphatic carbocycles. The number of anilines is 1. The van der Waals surface area contributed by atoms with Gasteiger partial charge in [0.1, 0.15) is 5.54 Å². The zero-order valence-electron chi connectivity index (χ0n) is 10.6. The van der Waals surface area contributed by atoms with Gasteiger partial charge < -0.3 is 10.1 Å². The molecule has 1 aromatic rings. The van der Waals surface area contributed by atoms with Crippen molar-refractivity contribution < 1.29 is 9.53 Å². The van der Waals surface area contributed by atoms with Gasteiger partial charge in [0.25, 0.3) is 0 Å². The number of hydrogen-bond acceptors (Lipinski definition) is 3. The van der Waals surface area contributed by atoms with Crippen LogP contribution in [0.4, 0.5) is 5.69 Å². The molecule has 0 amide bonds. The molecule has 1 unspecified atom stereocenters. The summed E-state index contributed by atoms with van der Waals surface area (Å²) in [6, 6.07) is 8.06. The second-order valence-electron chi connectivity index (χ2n) is 4.96. The lowest BCUT2D eigenvalue weighted by Gasteiger charge is -2.29. The summed E-state index contributed by atoms with van der Waals surface area (Å²) in [6.45, 7) is 3.97. The lowest BCUT2D eigenvalue weighted by Crippen LogP contribution is -2.46. The predicted molar refractivity (Wildman–Crippen MR) is 67.9 cm³/mol. The molecule has 1 aromatic carbocycles. The third-order valence-electron chi connectivity index (χ3n) is 3.43. The molecule has 17 heavy (non-hydrogen) atoms. The summed E-state index contributed by atoms with van der Waals surface area (Å²) in [5.74, 6) is 0.206. The molecular formula is C14H19NO2. The fourth-order valence-electron chi connectivity index (χ4n) is 2.22. The van der Waals surface area contributed by atoms with E-state index >= 15 is 0 Å². The maximum absolute atomic E-state index is 11.9. The fraction of sp³-hybridized carbons (Fsp3) is 0.500. The van der Waals surface area contributed by atoms with Gasteiger partial charge in [0.05, 0.1) is 7.11 Å². The lowest BCUT2D eigenvalue weighted by atomic mass is 9.95. The molecule has 1 atom stereocenters. The van der Waals surface area contributed by atoms with Crippen LogP contribution in [0.5, 0.6) is 0 Å². The van der Waals surface area contributed by atoms with Crippen LogP contribution in [0, 0.1) is 12.8 Å². The molecule has 92 valence electrons. The van der Waals surface area contributed by atoms with Crippen molar-refractivity contribution in [2.45, 2.75) is 32.2 Å². The van der Waals surface area contributed by atoms with Gasteiger partial charge in [-0.25, -0.2) is 4.79 Å². The van der Waals surface area contributed by atoms with E-state index in [1.165, 1.54) is 12.7 Å². The molecule has 0 saturated heterocycles. The smallest absolute Gasteiger partial charge is 0.331 e. The summed E-state index contributed by atoms with van der Waals surface area (Å²) in [7, 11) is 1.45. The Kier molecular flexibility index (Phi) is 3.09. The first-order valence-corrected chi connectivity index (χ1v) is 5.99. The largest absolute Gasteiger partial charge is 0.467 e. The number of carbonyl (C=O) groups excluding carboxylic acids is 1. The number of esters is 1. The Morgan fingerprint density at radius 2 is 2.18 bits per heavy atom. The maximum Gasteiger partial charge on any atom is 0.331 e. The van der Waals surface area contributed by atoms with Crippen LogP contribution in [0.3, 0.4) is 0 Å². The quantitative estimate of drug-likeness (QED) is 0.813. The van der Waals surface area contributed by atoms with E-state index in [2.05, 4.69) is 5.32 Å². The summed E-state index contributed by atoms with van der Waals surface area (Å²) >= 11 is 0. The standard InChI is InChI=1S/C14H19NO2/c1-10-5-4-6-12(9-10)15-14(2,11-7-8-11)13(16)17-3/h4-6,9,11,15H,7-8H2,1-3H3. The van der Waals surface area contributed by atoms with E-state index in [0.29, 0.717) is 5.92 Å². The number of benzene rings is 1. The van der Waals surface area contributed by atoms with Crippen molar-refractivity contribution in [3.63, 3.8) is 0 Å². The van der Waals surface area contributed by atoms with Crippen LogP contribution in [-0.4, -0.2) is 18.6 Å². The van der Waals surface area contributed by atoms with Crippen LogP contribution in [0.15, 0.2) is 24.3 Å². The van der Waals surface area contributed by atoms with Gasteiger partial charge in [-0.2, -0.15) is 0 Å². The Hall–Kier alpha value is -1.51. The second kappa shape index (κ2) is 4.40. The Morgan fingerprint density at radius 1 is 1.47 bits per heavy atom. The molecule has 0 heterocycles. The number of hydrogen-bond donors (Lipinski definition) is 1. The van der Waals surface area contributed by atoms with E-state index in [4.69, 9.17) is 4.74 Å². The molecule has 3 heteroatoms.